The number of nitrogens with zero attached hydrogens (tertiary/aromatic N) is 1. The van der Waals surface area contributed by atoms with Gasteiger partial charge in [-0.2, -0.15) is 5.26 Å². The van der Waals surface area contributed by atoms with E-state index in [1.165, 1.54) is 6.07 Å². The van der Waals surface area contributed by atoms with Crippen molar-refractivity contribution in [3.8, 4) is 6.07 Å². The number of carbonyl (C=O) groups is 2. The molecule has 0 bridgehead atoms. The monoisotopic (exact) mass is 323 g/mol. The van der Waals surface area contributed by atoms with E-state index in [0.29, 0.717) is 30.8 Å². The Morgan fingerprint density at radius 1 is 1.14 bits per heavy atom. The fourth-order valence-corrected chi connectivity index (χ4v) is 1.83. The molecule has 0 heterocycles. The van der Waals surface area contributed by atoms with Crippen LogP contribution in [-0.4, -0.2) is 31.0 Å². The standard InChI is InChI=1S/C16H18ClNO4/c17-8-7-15(19)21-9-2-1-3-10-22-16(20)14-6-4-5-13(11-14)12-18/h4-6,11H,1-3,7-10H2. The third-order valence-corrected chi connectivity index (χ3v) is 3.00. The van der Waals surface area contributed by atoms with Crippen LogP contribution < -0.4 is 0 Å². The van der Waals surface area contributed by atoms with Crippen molar-refractivity contribution in [1.82, 2.24) is 0 Å². The zero-order chi connectivity index (χ0) is 16.2. The van der Waals surface area contributed by atoms with Crippen molar-refractivity contribution >= 4 is 23.5 Å². The highest BCUT2D eigenvalue weighted by Crippen LogP contribution is 2.07. The average Bonchev–Trinajstić information content (AvgIpc) is 2.54. The van der Waals surface area contributed by atoms with Crippen LogP contribution in [0, 0.1) is 11.3 Å². The average molecular weight is 324 g/mol. The van der Waals surface area contributed by atoms with E-state index in [1.807, 2.05) is 6.07 Å². The smallest absolute Gasteiger partial charge is 0.338 e. The van der Waals surface area contributed by atoms with Crippen LogP contribution in [0.3, 0.4) is 0 Å². The zero-order valence-electron chi connectivity index (χ0n) is 12.2. The van der Waals surface area contributed by atoms with Crippen LogP contribution >= 0.6 is 11.6 Å². The predicted molar refractivity (Wildman–Crippen MR) is 81.6 cm³/mol. The largest absolute Gasteiger partial charge is 0.466 e. The SMILES string of the molecule is N#Cc1cccc(C(=O)OCCCCCOC(=O)CCCl)c1. The first kappa shape index (κ1) is 18.0. The van der Waals surface area contributed by atoms with Gasteiger partial charge in [-0.05, 0) is 37.5 Å². The summed E-state index contributed by atoms with van der Waals surface area (Å²) in [6, 6.07) is 8.35. The van der Waals surface area contributed by atoms with E-state index in [0.717, 1.165) is 12.8 Å². The second kappa shape index (κ2) is 10.6. The summed E-state index contributed by atoms with van der Waals surface area (Å²) in [5.74, 6) is -0.466. The topological polar surface area (TPSA) is 76.4 Å². The Balaban J connectivity index is 2.13. The Kier molecular flexibility index (Phi) is 8.70. The van der Waals surface area contributed by atoms with Crippen LogP contribution in [0.4, 0.5) is 0 Å². The summed E-state index contributed by atoms with van der Waals surface area (Å²) in [4.78, 5) is 22.8. The molecule has 1 aromatic carbocycles. The Hall–Kier alpha value is -2.06. The Morgan fingerprint density at radius 3 is 2.55 bits per heavy atom. The van der Waals surface area contributed by atoms with Gasteiger partial charge >= 0.3 is 11.9 Å². The second-order valence-corrected chi connectivity index (χ2v) is 4.93. The number of rotatable bonds is 9. The van der Waals surface area contributed by atoms with Crippen LogP contribution in [0.25, 0.3) is 0 Å². The summed E-state index contributed by atoms with van der Waals surface area (Å²) in [7, 11) is 0. The molecule has 0 saturated carbocycles. The number of carbonyl (C=O) groups excluding carboxylic acids is 2. The van der Waals surface area contributed by atoms with E-state index in [2.05, 4.69) is 0 Å². The molecule has 22 heavy (non-hydrogen) atoms. The van der Waals surface area contributed by atoms with Crippen LogP contribution in [0.2, 0.25) is 0 Å². The van der Waals surface area contributed by atoms with E-state index < -0.39 is 5.97 Å². The van der Waals surface area contributed by atoms with Gasteiger partial charge in [0.25, 0.3) is 0 Å². The fourth-order valence-electron chi connectivity index (χ4n) is 1.68. The van der Waals surface area contributed by atoms with Crippen LogP contribution in [-0.2, 0) is 14.3 Å². The highest BCUT2D eigenvalue weighted by molar-refractivity contribution is 6.18. The van der Waals surface area contributed by atoms with Crippen molar-refractivity contribution in [3.05, 3.63) is 35.4 Å². The minimum Gasteiger partial charge on any atom is -0.466 e. The number of alkyl halides is 1. The molecule has 0 atom stereocenters. The maximum atomic E-state index is 11.7. The molecule has 6 heteroatoms. The number of hydrogen-bond acceptors (Lipinski definition) is 5. The van der Waals surface area contributed by atoms with Gasteiger partial charge in [-0.25, -0.2) is 4.79 Å². The number of hydrogen-bond donors (Lipinski definition) is 0. The van der Waals surface area contributed by atoms with Crippen molar-refractivity contribution in [2.75, 3.05) is 19.1 Å². The Bertz CT molecular complexity index is 539. The molecular formula is C16H18ClNO4. The normalized spacial score (nSPS) is 9.82. The van der Waals surface area contributed by atoms with Gasteiger partial charge in [0.2, 0.25) is 0 Å². The molecule has 0 N–H and O–H groups in total. The number of benzene rings is 1. The minimum absolute atomic E-state index is 0.223. The number of esters is 2. The second-order valence-electron chi connectivity index (χ2n) is 4.55. The van der Waals surface area contributed by atoms with Gasteiger partial charge in [-0.15, -0.1) is 11.6 Å². The van der Waals surface area contributed by atoms with E-state index in [1.54, 1.807) is 18.2 Å². The van der Waals surface area contributed by atoms with Crippen molar-refractivity contribution < 1.29 is 19.1 Å². The van der Waals surface area contributed by atoms with Gasteiger partial charge in [-0.1, -0.05) is 6.07 Å². The molecule has 1 rings (SSSR count). The molecule has 0 unspecified atom stereocenters. The summed E-state index contributed by atoms with van der Waals surface area (Å²) >= 11 is 5.41. The molecule has 0 saturated heterocycles. The lowest BCUT2D eigenvalue weighted by Gasteiger charge is -2.06. The molecule has 0 amide bonds. The molecule has 0 fully saturated rings. The van der Waals surface area contributed by atoms with Gasteiger partial charge in [0.05, 0.1) is 36.8 Å². The molecule has 0 aliphatic carbocycles. The van der Waals surface area contributed by atoms with E-state index in [9.17, 15) is 9.59 Å². The number of ether oxygens (including phenoxy) is 2. The van der Waals surface area contributed by atoms with Crippen LogP contribution in [0.5, 0.6) is 0 Å². The van der Waals surface area contributed by atoms with Gasteiger partial charge in [0, 0.05) is 5.88 Å². The van der Waals surface area contributed by atoms with Crippen molar-refractivity contribution in [1.29, 1.82) is 5.26 Å². The Morgan fingerprint density at radius 2 is 1.86 bits per heavy atom. The maximum Gasteiger partial charge on any atom is 0.338 e. The van der Waals surface area contributed by atoms with Crippen LogP contribution in [0.1, 0.15) is 41.6 Å². The lowest BCUT2D eigenvalue weighted by Crippen LogP contribution is -2.08. The zero-order valence-corrected chi connectivity index (χ0v) is 13.0. The summed E-state index contributed by atoms with van der Waals surface area (Å²) in [5.41, 5.74) is 0.794. The van der Waals surface area contributed by atoms with Crippen molar-refractivity contribution in [2.24, 2.45) is 0 Å². The third-order valence-electron chi connectivity index (χ3n) is 2.81. The molecule has 1 aromatic rings. The molecule has 118 valence electrons. The highest BCUT2D eigenvalue weighted by Gasteiger charge is 2.07. The Labute approximate surface area is 134 Å². The van der Waals surface area contributed by atoms with Gasteiger partial charge in [0.15, 0.2) is 0 Å². The van der Waals surface area contributed by atoms with Crippen molar-refractivity contribution in [2.45, 2.75) is 25.7 Å². The lowest BCUT2D eigenvalue weighted by molar-refractivity contribution is -0.143. The van der Waals surface area contributed by atoms with E-state index in [4.69, 9.17) is 26.3 Å². The maximum absolute atomic E-state index is 11.7. The molecule has 5 nitrogen and oxygen atoms in total. The molecule has 0 radical (unpaired) electrons. The number of nitriles is 1. The third kappa shape index (κ3) is 7.09. The quantitative estimate of drug-likeness (QED) is 0.396. The highest BCUT2D eigenvalue weighted by atomic mass is 35.5. The molecule has 0 aliphatic rings. The van der Waals surface area contributed by atoms with E-state index in [-0.39, 0.29) is 18.3 Å². The van der Waals surface area contributed by atoms with Gasteiger partial charge in [0.1, 0.15) is 0 Å². The molecule has 0 aliphatic heterocycles. The predicted octanol–water partition coefficient (Wildman–Crippen LogP) is 3.06. The van der Waals surface area contributed by atoms with Crippen LogP contribution in [0.15, 0.2) is 24.3 Å². The molecule has 0 aromatic heterocycles. The first-order chi connectivity index (χ1) is 10.7. The fraction of sp³-hybridized carbons (Fsp3) is 0.438. The summed E-state index contributed by atoms with van der Waals surface area (Å²) < 4.78 is 10.1. The first-order valence-electron chi connectivity index (χ1n) is 7.06. The minimum atomic E-state index is -0.439. The lowest BCUT2D eigenvalue weighted by atomic mass is 10.1. The summed E-state index contributed by atoms with van der Waals surface area (Å²) in [6.45, 7) is 0.652. The van der Waals surface area contributed by atoms with Gasteiger partial charge in [-0.3, -0.25) is 4.79 Å². The molecular weight excluding hydrogens is 306 g/mol. The van der Waals surface area contributed by atoms with Gasteiger partial charge < -0.3 is 9.47 Å². The van der Waals surface area contributed by atoms with Crippen molar-refractivity contribution in [3.63, 3.8) is 0 Å². The number of unbranched alkanes of at least 4 members (excludes halogenated alkanes) is 2. The first-order valence-corrected chi connectivity index (χ1v) is 7.59. The summed E-state index contributed by atoms with van der Waals surface area (Å²) in [6.07, 6.45) is 2.42. The van der Waals surface area contributed by atoms with E-state index >= 15 is 0 Å². The molecule has 0 spiro atoms. The summed E-state index contributed by atoms with van der Waals surface area (Å²) in [5, 5.41) is 8.77. The number of halogens is 1.